The predicted molar refractivity (Wildman–Crippen MR) is 129 cm³/mol. The van der Waals surface area contributed by atoms with Crippen LogP contribution >= 0.6 is 0 Å². The zero-order valence-electron chi connectivity index (χ0n) is 19.8. The molecule has 0 saturated heterocycles. The summed E-state index contributed by atoms with van der Waals surface area (Å²) >= 11 is 0. The van der Waals surface area contributed by atoms with Gasteiger partial charge in [0.25, 0.3) is 0 Å². The van der Waals surface area contributed by atoms with Gasteiger partial charge in [-0.3, -0.25) is 4.98 Å². The Morgan fingerprint density at radius 3 is 2.49 bits per heavy atom. The molecule has 2 N–H and O–H groups in total. The number of hydrogen-bond donors (Lipinski definition) is 2. The molecule has 1 aromatic heterocycles. The number of nitrogens with one attached hydrogen (secondary N) is 2. The van der Waals surface area contributed by atoms with E-state index in [2.05, 4.69) is 34.7 Å². The molecule has 0 bridgehead atoms. The first-order valence-electron chi connectivity index (χ1n) is 10.8. The van der Waals surface area contributed by atoms with Crippen LogP contribution in [0.4, 0.5) is 19.3 Å². The third-order valence-electron chi connectivity index (χ3n) is 5.04. The lowest BCUT2D eigenvalue weighted by Gasteiger charge is -2.27. The quantitative estimate of drug-likeness (QED) is 0.527. The number of hydrogen-bond acceptors (Lipinski definition) is 5. The third kappa shape index (κ3) is 8.28. The van der Waals surface area contributed by atoms with Gasteiger partial charge in [-0.1, -0.05) is 35.9 Å². The Balaban J connectivity index is 0.000000200. The molecule has 1 aliphatic heterocycles. The molecule has 182 valence electrons. The fourth-order valence-corrected chi connectivity index (χ4v) is 3.04. The average molecular weight is 480 g/mol. The number of anilines is 1. The van der Waals surface area contributed by atoms with Gasteiger partial charge in [-0.05, 0) is 44.7 Å². The van der Waals surface area contributed by atoms with Crippen molar-refractivity contribution in [2.75, 3.05) is 18.9 Å². The molecule has 0 saturated carbocycles. The number of nitriles is 1. The molecule has 0 fully saturated rings. The summed E-state index contributed by atoms with van der Waals surface area (Å²) in [7, 11) is 1.69. The van der Waals surface area contributed by atoms with Gasteiger partial charge in [0, 0.05) is 24.3 Å². The number of halogens is 2. The van der Waals surface area contributed by atoms with Crippen molar-refractivity contribution in [3.05, 3.63) is 94.8 Å². The number of amides is 2. The number of urea groups is 1. The number of aldehydes is 1. The van der Waals surface area contributed by atoms with Crippen LogP contribution in [0, 0.1) is 29.9 Å². The molecule has 0 aliphatic carbocycles. The summed E-state index contributed by atoms with van der Waals surface area (Å²) in [4.78, 5) is 26.9. The normalized spacial score (nSPS) is 12.5. The Morgan fingerprint density at radius 1 is 1.23 bits per heavy atom. The Labute approximate surface area is 203 Å². The number of carbonyl (C=O) groups is 2. The largest absolute Gasteiger partial charge is 0.322 e. The summed E-state index contributed by atoms with van der Waals surface area (Å²) in [5.74, 6) is -1.27. The first kappa shape index (κ1) is 27.1. The summed E-state index contributed by atoms with van der Waals surface area (Å²) in [6.45, 7) is 4.25. The highest BCUT2D eigenvalue weighted by Gasteiger charge is 2.21. The highest BCUT2D eigenvalue weighted by atomic mass is 19.1. The Bertz CT molecular complexity index is 1180. The van der Waals surface area contributed by atoms with Gasteiger partial charge in [0.2, 0.25) is 0 Å². The van der Waals surface area contributed by atoms with E-state index in [1.807, 2.05) is 24.3 Å². The van der Waals surface area contributed by atoms with Crippen LogP contribution in [-0.4, -0.2) is 35.8 Å². The number of fused-ring (bicyclic) bond motifs is 1. The monoisotopic (exact) mass is 479 g/mol. The lowest BCUT2D eigenvalue weighted by Crippen LogP contribution is -2.39. The second-order valence-electron chi connectivity index (χ2n) is 7.65. The van der Waals surface area contributed by atoms with Crippen LogP contribution in [0.25, 0.3) is 0 Å². The molecule has 35 heavy (non-hydrogen) atoms. The number of pyridine rings is 1. The van der Waals surface area contributed by atoms with E-state index >= 15 is 0 Å². The van der Waals surface area contributed by atoms with Gasteiger partial charge in [0.15, 0.2) is 0 Å². The second-order valence-corrected chi connectivity index (χ2v) is 7.65. The van der Waals surface area contributed by atoms with Gasteiger partial charge >= 0.3 is 6.03 Å². The minimum atomic E-state index is -0.653. The summed E-state index contributed by atoms with van der Waals surface area (Å²) in [5, 5.41) is 14.2. The SMILES string of the molecule is CNC(C)c1ncc(F)cc1F.Cc1ccccc1.N#Cc1ccc2c(c1)CN(CC=O)C(=O)N2. The Hall–Kier alpha value is -4.16. The van der Waals surface area contributed by atoms with Crippen molar-refractivity contribution in [1.29, 1.82) is 5.26 Å². The summed E-state index contributed by atoms with van der Waals surface area (Å²) in [6.07, 6.45) is 1.69. The lowest BCUT2D eigenvalue weighted by molar-refractivity contribution is -0.108. The summed E-state index contributed by atoms with van der Waals surface area (Å²) < 4.78 is 25.3. The molecule has 1 unspecified atom stereocenters. The lowest BCUT2D eigenvalue weighted by atomic mass is 10.1. The van der Waals surface area contributed by atoms with Crippen LogP contribution in [0.15, 0.2) is 60.8 Å². The van der Waals surface area contributed by atoms with Crippen LogP contribution in [0.5, 0.6) is 0 Å². The second kappa shape index (κ2) is 13.5. The highest BCUT2D eigenvalue weighted by Crippen LogP contribution is 2.23. The molecule has 1 aliphatic rings. The Kier molecular flexibility index (Phi) is 10.5. The van der Waals surface area contributed by atoms with Gasteiger partial charge in [-0.15, -0.1) is 0 Å². The fourth-order valence-electron chi connectivity index (χ4n) is 3.04. The van der Waals surface area contributed by atoms with Crippen molar-refractivity contribution in [3.63, 3.8) is 0 Å². The van der Waals surface area contributed by atoms with Crippen LogP contribution in [-0.2, 0) is 11.3 Å². The number of benzene rings is 2. The molecule has 0 radical (unpaired) electrons. The number of nitrogens with zero attached hydrogens (tertiary/aromatic N) is 3. The molecule has 3 aromatic rings. The molecule has 2 amide bonds. The van der Waals surface area contributed by atoms with Crippen LogP contribution in [0.2, 0.25) is 0 Å². The molecule has 9 heteroatoms. The number of carbonyl (C=O) groups excluding carboxylic acids is 2. The third-order valence-corrected chi connectivity index (χ3v) is 5.04. The van der Waals surface area contributed by atoms with Crippen LogP contribution in [0.3, 0.4) is 0 Å². The molecular weight excluding hydrogens is 452 g/mol. The number of aryl methyl sites for hydroxylation is 1. The minimum absolute atomic E-state index is 0.0576. The van der Waals surface area contributed by atoms with Crippen molar-refractivity contribution in [3.8, 4) is 6.07 Å². The molecule has 2 heterocycles. The van der Waals surface area contributed by atoms with Crippen LogP contribution < -0.4 is 10.6 Å². The van der Waals surface area contributed by atoms with Crippen molar-refractivity contribution in [2.45, 2.75) is 26.4 Å². The van der Waals surface area contributed by atoms with Gasteiger partial charge < -0.3 is 20.3 Å². The van der Waals surface area contributed by atoms with E-state index in [1.54, 1.807) is 32.2 Å². The van der Waals surface area contributed by atoms with E-state index in [-0.39, 0.29) is 24.3 Å². The van der Waals surface area contributed by atoms with E-state index < -0.39 is 11.6 Å². The van der Waals surface area contributed by atoms with Crippen molar-refractivity contribution in [2.24, 2.45) is 0 Å². The highest BCUT2D eigenvalue weighted by molar-refractivity contribution is 5.93. The smallest absolute Gasteiger partial charge is 0.313 e. The predicted octanol–water partition coefficient (Wildman–Crippen LogP) is 4.74. The van der Waals surface area contributed by atoms with E-state index in [4.69, 9.17) is 5.26 Å². The van der Waals surface area contributed by atoms with Gasteiger partial charge in [-0.2, -0.15) is 5.26 Å². The topological polar surface area (TPSA) is 98.1 Å². The first-order valence-corrected chi connectivity index (χ1v) is 10.8. The molecule has 7 nitrogen and oxygen atoms in total. The minimum Gasteiger partial charge on any atom is -0.313 e. The molecule has 0 spiro atoms. The van der Waals surface area contributed by atoms with Gasteiger partial charge in [0.1, 0.15) is 17.9 Å². The number of aromatic nitrogens is 1. The van der Waals surface area contributed by atoms with Gasteiger partial charge in [-0.25, -0.2) is 13.6 Å². The molecular formula is C26H27F2N5O2. The first-order chi connectivity index (χ1) is 16.8. The molecule has 1 atom stereocenters. The number of rotatable bonds is 4. The average Bonchev–Trinajstić information content (AvgIpc) is 2.85. The standard InChI is InChI=1S/C11H9N3O2.C8H10F2N2.C7H8/c12-6-8-1-2-10-9(5-8)7-14(3-4-15)11(16)13-10;1-5(11-2)8-7(10)3-6(9)4-12-8;1-7-5-3-2-4-6-7/h1-2,4-5H,3,7H2,(H,13,16);3-5,11H,1-2H3;2-6H,1H3. The Morgan fingerprint density at radius 2 is 1.94 bits per heavy atom. The van der Waals surface area contributed by atoms with E-state index in [1.165, 1.54) is 10.5 Å². The van der Waals surface area contributed by atoms with E-state index in [0.29, 0.717) is 24.1 Å². The maximum absolute atomic E-state index is 12.9. The molecule has 4 rings (SSSR count). The van der Waals surface area contributed by atoms with Gasteiger partial charge in [0.05, 0.1) is 30.1 Å². The molecule has 2 aromatic carbocycles. The van der Waals surface area contributed by atoms with Crippen LogP contribution in [0.1, 0.15) is 35.3 Å². The van der Waals surface area contributed by atoms with Crippen molar-refractivity contribution in [1.82, 2.24) is 15.2 Å². The maximum Gasteiger partial charge on any atom is 0.322 e. The fraction of sp³-hybridized carbons (Fsp3) is 0.231. The maximum atomic E-state index is 12.9. The van der Waals surface area contributed by atoms with Crippen molar-refractivity contribution < 1.29 is 18.4 Å². The van der Waals surface area contributed by atoms with E-state index in [9.17, 15) is 18.4 Å². The summed E-state index contributed by atoms with van der Waals surface area (Å²) in [5.41, 5.74) is 3.65. The van der Waals surface area contributed by atoms with E-state index in [0.717, 1.165) is 17.8 Å². The summed E-state index contributed by atoms with van der Waals surface area (Å²) in [6, 6.07) is 17.7. The van der Waals surface area contributed by atoms with Crippen molar-refractivity contribution >= 4 is 18.0 Å². The zero-order chi connectivity index (χ0) is 25.8. The zero-order valence-corrected chi connectivity index (χ0v) is 19.8.